The lowest BCUT2D eigenvalue weighted by Gasteiger charge is -2.14. The molecule has 130 valence electrons. The number of aryl methyl sites for hydroxylation is 1. The van der Waals surface area contributed by atoms with Gasteiger partial charge in [0.15, 0.2) is 0 Å². The van der Waals surface area contributed by atoms with Crippen molar-refractivity contribution in [3.63, 3.8) is 0 Å². The van der Waals surface area contributed by atoms with Gasteiger partial charge in [-0.3, -0.25) is 15.6 Å². The third-order valence-electron chi connectivity index (χ3n) is 3.28. The number of halogens is 3. The number of carbonyl (C=O) groups excluding carboxylic acids is 1. The summed E-state index contributed by atoms with van der Waals surface area (Å²) in [6.07, 6.45) is -4.51. The quantitative estimate of drug-likeness (QED) is 0.627. The molecule has 25 heavy (non-hydrogen) atoms. The molecule has 1 aromatic carbocycles. The summed E-state index contributed by atoms with van der Waals surface area (Å²) in [4.78, 5) is 17.9. The van der Waals surface area contributed by atoms with Gasteiger partial charge in [0.1, 0.15) is 9.88 Å². The third-order valence-corrected chi connectivity index (χ3v) is 5.47. The molecule has 2 N–H and O–H groups in total. The first-order valence-electron chi connectivity index (χ1n) is 7.10. The minimum absolute atomic E-state index is 0.219. The van der Waals surface area contributed by atoms with Crippen LogP contribution in [0.2, 0.25) is 0 Å². The molecule has 3 aromatic rings. The fraction of sp³-hybridized carbons (Fsp3) is 0.125. The number of hydrogen-bond donors (Lipinski definition) is 2. The molecule has 4 nitrogen and oxygen atoms in total. The van der Waals surface area contributed by atoms with Crippen molar-refractivity contribution in [2.45, 2.75) is 13.1 Å². The maximum Gasteiger partial charge on any atom is 0.418 e. The van der Waals surface area contributed by atoms with Crippen molar-refractivity contribution in [1.29, 1.82) is 0 Å². The Balaban J connectivity index is 1.76. The Bertz CT molecular complexity index is 888. The summed E-state index contributed by atoms with van der Waals surface area (Å²) in [6.45, 7) is 1.69. The van der Waals surface area contributed by atoms with E-state index in [-0.39, 0.29) is 5.69 Å². The van der Waals surface area contributed by atoms with Crippen LogP contribution >= 0.6 is 22.7 Å². The summed E-state index contributed by atoms with van der Waals surface area (Å²) in [5.74, 6) is -0.533. The van der Waals surface area contributed by atoms with Crippen LogP contribution in [-0.4, -0.2) is 10.9 Å². The molecule has 1 amide bonds. The van der Waals surface area contributed by atoms with Gasteiger partial charge in [0.25, 0.3) is 5.91 Å². The van der Waals surface area contributed by atoms with Crippen molar-refractivity contribution in [2.75, 3.05) is 5.43 Å². The summed E-state index contributed by atoms with van der Waals surface area (Å²) < 4.78 is 38.9. The van der Waals surface area contributed by atoms with Gasteiger partial charge >= 0.3 is 6.18 Å². The number of aromatic nitrogens is 1. The van der Waals surface area contributed by atoms with Gasteiger partial charge in [-0.2, -0.15) is 13.2 Å². The number of hydrazine groups is 1. The molecule has 0 spiro atoms. The van der Waals surface area contributed by atoms with E-state index >= 15 is 0 Å². The molecule has 0 fully saturated rings. The highest BCUT2D eigenvalue weighted by atomic mass is 32.1. The summed E-state index contributed by atoms with van der Waals surface area (Å²) in [6, 6.07) is 8.71. The number of para-hydroxylation sites is 1. The highest BCUT2D eigenvalue weighted by molar-refractivity contribution is 7.22. The SMILES string of the molecule is Cc1nc(-c2cccs2)sc1C(=O)NNc1ccccc1C(F)(F)F. The second-order valence-corrected chi connectivity index (χ2v) is 6.98. The van der Waals surface area contributed by atoms with Gasteiger partial charge in [0.05, 0.1) is 21.8 Å². The smallest absolute Gasteiger partial charge is 0.298 e. The summed E-state index contributed by atoms with van der Waals surface area (Å²) >= 11 is 2.70. The predicted octanol–water partition coefficient (Wildman–Crippen LogP) is 4.96. The maximum absolute atomic E-state index is 13.0. The molecule has 0 atom stereocenters. The van der Waals surface area contributed by atoms with E-state index in [0.29, 0.717) is 15.6 Å². The Labute approximate surface area is 149 Å². The van der Waals surface area contributed by atoms with E-state index in [1.807, 2.05) is 17.5 Å². The highest BCUT2D eigenvalue weighted by Gasteiger charge is 2.33. The van der Waals surface area contributed by atoms with E-state index in [4.69, 9.17) is 0 Å². The number of alkyl halides is 3. The number of carbonyl (C=O) groups is 1. The highest BCUT2D eigenvalue weighted by Crippen LogP contribution is 2.34. The second-order valence-electron chi connectivity index (χ2n) is 5.03. The topological polar surface area (TPSA) is 54.0 Å². The molecule has 0 saturated heterocycles. The Morgan fingerprint density at radius 1 is 1.16 bits per heavy atom. The number of amides is 1. The Kier molecular flexibility index (Phi) is 4.78. The molecule has 0 saturated carbocycles. The van der Waals surface area contributed by atoms with Crippen molar-refractivity contribution in [2.24, 2.45) is 0 Å². The minimum Gasteiger partial charge on any atom is -0.298 e. The monoisotopic (exact) mass is 383 g/mol. The van der Waals surface area contributed by atoms with Gasteiger partial charge in [0, 0.05) is 0 Å². The van der Waals surface area contributed by atoms with Gasteiger partial charge in [-0.25, -0.2) is 4.98 Å². The minimum atomic E-state index is -4.51. The summed E-state index contributed by atoms with van der Waals surface area (Å²) in [7, 11) is 0. The zero-order valence-electron chi connectivity index (χ0n) is 12.8. The first-order chi connectivity index (χ1) is 11.9. The number of nitrogens with one attached hydrogen (secondary N) is 2. The fourth-order valence-corrected chi connectivity index (χ4v) is 3.89. The van der Waals surface area contributed by atoms with Crippen LogP contribution in [0.25, 0.3) is 9.88 Å². The Morgan fingerprint density at radius 2 is 1.92 bits per heavy atom. The standard InChI is InChI=1S/C16H12F3N3OS2/c1-9-13(25-15(20-9)12-7-4-8-24-12)14(23)22-21-11-6-3-2-5-10(11)16(17,18)19/h2-8,21H,1H3,(H,22,23). The number of rotatable bonds is 4. The molecule has 0 aliphatic carbocycles. The lowest BCUT2D eigenvalue weighted by Crippen LogP contribution is -2.30. The van der Waals surface area contributed by atoms with E-state index in [0.717, 1.165) is 10.9 Å². The molecule has 0 aliphatic heterocycles. The summed E-state index contributed by atoms with van der Waals surface area (Å²) in [5, 5.41) is 2.61. The van der Waals surface area contributed by atoms with Crippen LogP contribution in [0.15, 0.2) is 41.8 Å². The van der Waals surface area contributed by atoms with Crippen molar-refractivity contribution in [1.82, 2.24) is 10.4 Å². The largest absolute Gasteiger partial charge is 0.418 e. The zero-order chi connectivity index (χ0) is 18.0. The lowest BCUT2D eigenvalue weighted by molar-refractivity contribution is -0.137. The van der Waals surface area contributed by atoms with Crippen molar-refractivity contribution in [3.05, 3.63) is 57.9 Å². The van der Waals surface area contributed by atoms with Crippen LogP contribution in [0.1, 0.15) is 20.9 Å². The molecular formula is C16H12F3N3OS2. The van der Waals surface area contributed by atoms with Crippen molar-refractivity contribution < 1.29 is 18.0 Å². The number of thiazole rings is 1. The second kappa shape index (κ2) is 6.85. The molecule has 3 rings (SSSR count). The Morgan fingerprint density at radius 3 is 2.60 bits per heavy atom. The van der Waals surface area contributed by atoms with E-state index in [2.05, 4.69) is 15.8 Å². The van der Waals surface area contributed by atoms with E-state index in [1.165, 1.54) is 40.9 Å². The predicted molar refractivity (Wildman–Crippen MR) is 92.7 cm³/mol. The number of thiophene rings is 1. The van der Waals surface area contributed by atoms with Crippen LogP contribution in [0.3, 0.4) is 0 Å². The van der Waals surface area contributed by atoms with Crippen LogP contribution < -0.4 is 10.9 Å². The Hall–Kier alpha value is -2.39. The average Bonchev–Trinajstić information content (AvgIpc) is 3.21. The normalized spacial score (nSPS) is 11.4. The van der Waals surface area contributed by atoms with E-state index in [1.54, 1.807) is 6.92 Å². The molecule has 2 heterocycles. The number of hydrogen-bond acceptors (Lipinski definition) is 5. The number of anilines is 1. The molecule has 0 radical (unpaired) electrons. The van der Waals surface area contributed by atoms with Gasteiger partial charge in [0.2, 0.25) is 0 Å². The summed E-state index contributed by atoms with van der Waals surface area (Å²) in [5.41, 5.74) is 4.12. The van der Waals surface area contributed by atoms with Gasteiger partial charge in [-0.05, 0) is 30.5 Å². The lowest BCUT2D eigenvalue weighted by atomic mass is 10.2. The third kappa shape index (κ3) is 3.83. The molecular weight excluding hydrogens is 371 g/mol. The molecule has 0 bridgehead atoms. The molecule has 0 aliphatic rings. The fourth-order valence-electron chi connectivity index (χ4n) is 2.13. The van der Waals surface area contributed by atoms with Gasteiger partial charge < -0.3 is 0 Å². The van der Waals surface area contributed by atoms with Gasteiger partial charge in [-0.15, -0.1) is 22.7 Å². The number of benzene rings is 1. The van der Waals surface area contributed by atoms with Crippen molar-refractivity contribution in [3.8, 4) is 9.88 Å². The van der Waals surface area contributed by atoms with Crippen LogP contribution in [0.5, 0.6) is 0 Å². The maximum atomic E-state index is 13.0. The average molecular weight is 383 g/mol. The number of nitrogens with zero attached hydrogens (tertiary/aromatic N) is 1. The van der Waals surface area contributed by atoms with Gasteiger partial charge in [-0.1, -0.05) is 18.2 Å². The first-order valence-corrected chi connectivity index (χ1v) is 8.80. The van der Waals surface area contributed by atoms with E-state index in [9.17, 15) is 18.0 Å². The molecule has 9 heteroatoms. The van der Waals surface area contributed by atoms with Crippen LogP contribution in [0, 0.1) is 6.92 Å². The molecule has 0 unspecified atom stereocenters. The van der Waals surface area contributed by atoms with E-state index < -0.39 is 17.6 Å². The van der Waals surface area contributed by atoms with Crippen LogP contribution in [0.4, 0.5) is 18.9 Å². The van der Waals surface area contributed by atoms with Crippen LogP contribution in [-0.2, 0) is 6.18 Å². The first kappa shape index (κ1) is 17.4. The molecule has 2 aromatic heterocycles. The zero-order valence-corrected chi connectivity index (χ0v) is 14.5. The van der Waals surface area contributed by atoms with Crippen molar-refractivity contribution >= 4 is 34.3 Å².